The molecule has 0 saturated carbocycles. The average molecular weight is 301 g/mol. The summed E-state index contributed by atoms with van der Waals surface area (Å²) in [6, 6.07) is 7.85. The quantitative estimate of drug-likeness (QED) is 0.819. The molecule has 2 heterocycles. The number of benzene rings is 1. The van der Waals surface area contributed by atoms with Crippen molar-refractivity contribution in [2.24, 2.45) is 7.05 Å². The lowest BCUT2D eigenvalue weighted by molar-refractivity contribution is 0.0652. The molecule has 0 saturated heterocycles. The molecule has 2 aromatic rings. The monoisotopic (exact) mass is 301 g/mol. The number of fused-ring (bicyclic) bond motifs is 1. The molecule has 0 fully saturated rings. The number of imidazole rings is 1. The first-order chi connectivity index (χ1) is 10.7. The van der Waals surface area contributed by atoms with E-state index in [0.29, 0.717) is 6.61 Å². The fourth-order valence-corrected chi connectivity index (χ4v) is 2.74. The maximum atomic E-state index is 5.99. The van der Waals surface area contributed by atoms with Gasteiger partial charge in [-0.1, -0.05) is 12.1 Å². The lowest BCUT2D eigenvalue weighted by Crippen LogP contribution is -2.39. The van der Waals surface area contributed by atoms with Gasteiger partial charge in [-0.15, -0.1) is 0 Å². The first kappa shape index (κ1) is 14.9. The van der Waals surface area contributed by atoms with Gasteiger partial charge in [0.25, 0.3) is 0 Å². The highest BCUT2D eigenvalue weighted by atomic mass is 16.6. The fraction of sp³-hybridized carbons (Fsp3) is 0.471. The first-order valence-corrected chi connectivity index (χ1v) is 7.75. The van der Waals surface area contributed by atoms with E-state index in [4.69, 9.17) is 9.47 Å². The van der Waals surface area contributed by atoms with Crippen molar-refractivity contribution in [3.63, 3.8) is 0 Å². The Morgan fingerprint density at radius 1 is 1.32 bits per heavy atom. The molecule has 1 aliphatic heterocycles. The van der Waals surface area contributed by atoms with Gasteiger partial charge < -0.3 is 18.9 Å². The van der Waals surface area contributed by atoms with E-state index in [1.54, 1.807) is 0 Å². The summed E-state index contributed by atoms with van der Waals surface area (Å²) in [6.07, 6.45) is 6.02. The zero-order chi connectivity index (χ0) is 15.4. The number of ether oxygens (including phenoxy) is 2. The van der Waals surface area contributed by atoms with Gasteiger partial charge in [0.2, 0.25) is 0 Å². The van der Waals surface area contributed by atoms with Crippen LogP contribution >= 0.6 is 0 Å². The van der Waals surface area contributed by atoms with E-state index < -0.39 is 0 Å². The Bertz CT molecular complexity index is 611. The van der Waals surface area contributed by atoms with Crippen LogP contribution in [0.2, 0.25) is 0 Å². The largest absolute Gasteiger partial charge is 0.486 e. The van der Waals surface area contributed by atoms with Crippen molar-refractivity contribution >= 4 is 0 Å². The van der Waals surface area contributed by atoms with Crippen LogP contribution in [0.5, 0.6) is 11.5 Å². The Hall–Kier alpha value is -2.01. The standard InChI is InChI=1S/C17H23N3O2/c1-19(10-5-8-17-18-9-11-20(17)2)12-14-13-21-15-6-3-4-7-16(15)22-14/h3-4,6-7,9,11,14H,5,8,10,12-13H2,1-2H3/t14-/m0/s1. The fourth-order valence-electron chi connectivity index (χ4n) is 2.74. The second-order valence-electron chi connectivity index (χ2n) is 5.82. The number of likely N-dealkylation sites (N-methyl/N-ethyl adjacent to an activating group) is 1. The molecule has 1 aromatic carbocycles. The van der Waals surface area contributed by atoms with Gasteiger partial charge in [-0.2, -0.15) is 0 Å². The maximum Gasteiger partial charge on any atom is 0.161 e. The van der Waals surface area contributed by atoms with E-state index in [1.165, 1.54) is 0 Å². The highest BCUT2D eigenvalue weighted by Crippen LogP contribution is 2.30. The molecule has 1 atom stereocenters. The molecule has 5 nitrogen and oxygen atoms in total. The smallest absolute Gasteiger partial charge is 0.161 e. The van der Waals surface area contributed by atoms with Crippen LogP contribution < -0.4 is 9.47 Å². The number of aromatic nitrogens is 2. The lowest BCUT2D eigenvalue weighted by Gasteiger charge is -2.29. The molecular weight excluding hydrogens is 278 g/mol. The number of hydrogen-bond donors (Lipinski definition) is 0. The molecule has 0 N–H and O–H groups in total. The highest BCUT2D eigenvalue weighted by Gasteiger charge is 2.21. The van der Waals surface area contributed by atoms with Gasteiger partial charge in [-0.3, -0.25) is 0 Å². The third kappa shape index (κ3) is 3.60. The van der Waals surface area contributed by atoms with Crippen LogP contribution in [0.1, 0.15) is 12.2 Å². The van der Waals surface area contributed by atoms with Gasteiger partial charge in [-0.05, 0) is 32.1 Å². The zero-order valence-electron chi connectivity index (χ0n) is 13.2. The Labute approximate surface area is 131 Å². The first-order valence-electron chi connectivity index (χ1n) is 7.75. The third-order valence-corrected chi connectivity index (χ3v) is 3.94. The van der Waals surface area contributed by atoms with Crippen LogP contribution in [0.25, 0.3) is 0 Å². The number of aryl methyl sites for hydroxylation is 2. The van der Waals surface area contributed by atoms with E-state index in [2.05, 4.69) is 21.5 Å². The minimum Gasteiger partial charge on any atom is -0.486 e. The molecule has 22 heavy (non-hydrogen) atoms. The molecule has 1 aromatic heterocycles. The molecule has 0 bridgehead atoms. The van der Waals surface area contributed by atoms with Crippen LogP contribution in [0.15, 0.2) is 36.7 Å². The third-order valence-electron chi connectivity index (χ3n) is 3.94. The van der Waals surface area contributed by atoms with Crippen molar-refractivity contribution < 1.29 is 9.47 Å². The lowest BCUT2D eigenvalue weighted by atomic mass is 10.2. The average Bonchev–Trinajstić information content (AvgIpc) is 2.92. The molecular formula is C17H23N3O2. The molecule has 0 amide bonds. The summed E-state index contributed by atoms with van der Waals surface area (Å²) >= 11 is 0. The van der Waals surface area contributed by atoms with Crippen molar-refractivity contribution in [1.29, 1.82) is 0 Å². The Kier molecular flexibility index (Phi) is 4.63. The van der Waals surface area contributed by atoms with Crippen LogP contribution in [-0.2, 0) is 13.5 Å². The summed E-state index contributed by atoms with van der Waals surface area (Å²) in [5.74, 6) is 2.83. The summed E-state index contributed by atoms with van der Waals surface area (Å²) in [4.78, 5) is 6.65. The predicted molar refractivity (Wildman–Crippen MR) is 85.4 cm³/mol. The molecule has 0 aliphatic carbocycles. The highest BCUT2D eigenvalue weighted by molar-refractivity contribution is 5.40. The predicted octanol–water partition coefficient (Wildman–Crippen LogP) is 2.12. The second-order valence-corrected chi connectivity index (χ2v) is 5.82. The Balaban J connectivity index is 1.43. The van der Waals surface area contributed by atoms with E-state index in [0.717, 1.165) is 43.3 Å². The van der Waals surface area contributed by atoms with E-state index in [9.17, 15) is 0 Å². The summed E-state index contributed by atoms with van der Waals surface area (Å²) in [5.41, 5.74) is 0. The Morgan fingerprint density at radius 2 is 2.14 bits per heavy atom. The Morgan fingerprint density at radius 3 is 2.91 bits per heavy atom. The maximum absolute atomic E-state index is 5.99. The molecule has 1 aliphatic rings. The van der Waals surface area contributed by atoms with Crippen LogP contribution in [0, 0.1) is 0 Å². The van der Waals surface area contributed by atoms with Gasteiger partial charge in [0.15, 0.2) is 11.5 Å². The second kappa shape index (κ2) is 6.83. The topological polar surface area (TPSA) is 39.5 Å². The van der Waals surface area contributed by atoms with Crippen molar-refractivity contribution in [2.45, 2.75) is 18.9 Å². The molecule has 0 radical (unpaired) electrons. The van der Waals surface area contributed by atoms with Gasteiger partial charge in [-0.25, -0.2) is 4.98 Å². The number of nitrogens with zero attached hydrogens (tertiary/aromatic N) is 3. The van der Waals surface area contributed by atoms with Crippen molar-refractivity contribution in [3.8, 4) is 11.5 Å². The van der Waals surface area contributed by atoms with E-state index in [-0.39, 0.29) is 6.10 Å². The van der Waals surface area contributed by atoms with Gasteiger partial charge in [0.05, 0.1) is 0 Å². The van der Waals surface area contributed by atoms with Crippen LogP contribution in [0.4, 0.5) is 0 Å². The molecule has 0 unspecified atom stereocenters. The minimum absolute atomic E-state index is 0.0908. The van der Waals surface area contributed by atoms with Crippen LogP contribution in [0.3, 0.4) is 0 Å². The molecule has 3 rings (SSSR count). The SMILES string of the molecule is CN(CCCc1nccn1C)C[C@H]1COc2ccccc2O1. The van der Waals surface area contributed by atoms with Crippen LogP contribution in [-0.4, -0.2) is 47.3 Å². The summed E-state index contributed by atoms with van der Waals surface area (Å²) in [7, 11) is 4.17. The minimum atomic E-state index is 0.0908. The van der Waals surface area contributed by atoms with Crippen molar-refractivity contribution in [3.05, 3.63) is 42.5 Å². The summed E-state index contributed by atoms with van der Waals surface area (Å²) in [6.45, 7) is 2.50. The summed E-state index contributed by atoms with van der Waals surface area (Å²) in [5, 5.41) is 0. The van der Waals surface area contributed by atoms with Crippen molar-refractivity contribution in [2.75, 3.05) is 26.7 Å². The molecule has 118 valence electrons. The normalized spacial score (nSPS) is 17.0. The number of hydrogen-bond acceptors (Lipinski definition) is 4. The number of rotatable bonds is 6. The van der Waals surface area contributed by atoms with Crippen molar-refractivity contribution in [1.82, 2.24) is 14.5 Å². The van der Waals surface area contributed by atoms with Gasteiger partial charge in [0.1, 0.15) is 18.5 Å². The van der Waals surface area contributed by atoms with E-state index >= 15 is 0 Å². The summed E-state index contributed by atoms with van der Waals surface area (Å²) < 4.78 is 13.8. The molecule has 5 heteroatoms. The number of para-hydroxylation sites is 2. The van der Waals surface area contributed by atoms with Gasteiger partial charge in [0, 0.05) is 32.4 Å². The molecule has 0 spiro atoms. The van der Waals surface area contributed by atoms with E-state index in [1.807, 2.05) is 43.7 Å². The zero-order valence-corrected chi connectivity index (χ0v) is 13.2. The van der Waals surface area contributed by atoms with Gasteiger partial charge >= 0.3 is 0 Å².